The van der Waals surface area contributed by atoms with E-state index < -0.39 is 0 Å². The maximum absolute atomic E-state index is 5.33. The van der Waals surface area contributed by atoms with Crippen LogP contribution in [0.1, 0.15) is 43.5 Å². The maximum Gasteiger partial charge on any atom is 0.133 e. The number of nitrogens with one attached hydrogen (secondary N) is 1. The highest BCUT2D eigenvalue weighted by molar-refractivity contribution is 5.52. The molecule has 1 heterocycles. The van der Waals surface area contributed by atoms with Gasteiger partial charge in [-0.3, -0.25) is 0 Å². The van der Waals surface area contributed by atoms with Crippen LogP contribution in [-0.2, 0) is 11.3 Å². The molecule has 1 aliphatic carbocycles. The highest BCUT2D eigenvalue weighted by Gasteiger charge is 2.23. The Balaban J connectivity index is 2.28. The third-order valence-electron chi connectivity index (χ3n) is 4.15. The lowest BCUT2D eigenvalue weighted by atomic mass is 10.1. The number of hydrogen-bond donors (Lipinski definition) is 1. The van der Waals surface area contributed by atoms with Crippen LogP contribution in [0.25, 0.3) is 0 Å². The number of aromatic nitrogens is 1. The Labute approximate surface area is 128 Å². The summed E-state index contributed by atoms with van der Waals surface area (Å²) >= 11 is 0. The fourth-order valence-electron chi connectivity index (χ4n) is 2.83. The first-order valence-corrected chi connectivity index (χ1v) is 8.02. The van der Waals surface area contributed by atoms with Crippen LogP contribution in [0.5, 0.6) is 0 Å². The van der Waals surface area contributed by atoms with Crippen LogP contribution in [0.3, 0.4) is 0 Å². The summed E-state index contributed by atoms with van der Waals surface area (Å²) in [5, 5.41) is 3.63. The first-order chi connectivity index (χ1) is 10.1. The molecule has 0 amide bonds. The minimum absolute atomic E-state index is 0.327. The summed E-state index contributed by atoms with van der Waals surface area (Å²) in [4.78, 5) is 7.19. The lowest BCUT2D eigenvalue weighted by molar-refractivity contribution is 0.181. The number of ether oxygens (including phenoxy) is 1. The van der Waals surface area contributed by atoms with Crippen LogP contribution >= 0.6 is 0 Å². The van der Waals surface area contributed by atoms with E-state index in [4.69, 9.17) is 9.72 Å². The van der Waals surface area contributed by atoms with Gasteiger partial charge < -0.3 is 15.0 Å². The standard InChI is InChI=1S/C17H29N3O/c1-6-20(14(4)11-21-5)17-16(10-18-15-7-8-15)12(2)9-13(3)19-17/h9,14-15,18H,6-8,10-11H2,1-5H3. The van der Waals surface area contributed by atoms with E-state index in [9.17, 15) is 0 Å². The van der Waals surface area contributed by atoms with Gasteiger partial charge in [0.15, 0.2) is 0 Å². The molecule has 4 heteroatoms. The van der Waals surface area contributed by atoms with Gasteiger partial charge in [-0.25, -0.2) is 4.98 Å². The van der Waals surface area contributed by atoms with Crippen LogP contribution in [0.15, 0.2) is 6.07 Å². The summed E-state index contributed by atoms with van der Waals surface area (Å²) in [5.74, 6) is 1.12. The fraction of sp³-hybridized carbons (Fsp3) is 0.706. The Morgan fingerprint density at radius 3 is 2.71 bits per heavy atom. The lowest BCUT2D eigenvalue weighted by Crippen LogP contribution is -2.38. The zero-order valence-corrected chi connectivity index (χ0v) is 14.1. The van der Waals surface area contributed by atoms with Gasteiger partial charge in [-0.2, -0.15) is 0 Å². The molecule has 0 spiro atoms. The van der Waals surface area contributed by atoms with E-state index in [1.165, 1.54) is 24.0 Å². The Morgan fingerprint density at radius 2 is 2.14 bits per heavy atom. The van der Waals surface area contributed by atoms with Crippen molar-refractivity contribution < 1.29 is 4.74 Å². The van der Waals surface area contributed by atoms with E-state index in [0.29, 0.717) is 12.1 Å². The number of pyridine rings is 1. The van der Waals surface area contributed by atoms with Crippen molar-refractivity contribution in [3.05, 3.63) is 22.9 Å². The molecule has 0 radical (unpaired) electrons. The first kappa shape index (κ1) is 16.2. The Bertz CT molecular complexity index is 471. The third-order valence-corrected chi connectivity index (χ3v) is 4.15. The molecule has 1 aromatic heterocycles. The summed E-state index contributed by atoms with van der Waals surface area (Å²) in [5.41, 5.74) is 3.74. The molecule has 1 aromatic rings. The molecule has 0 bridgehead atoms. The number of aryl methyl sites for hydroxylation is 2. The van der Waals surface area contributed by atoms with Gasteiger partial charge in [0.2, 0.25) is 0 Å². The SMILES string of the molecule is CCN(c1nc(C)cc(C)c1CNC1CC1)C(C)COC. The Hall–Kier alpha value is -1.13. The monoisotopic (exact) mass is 291 g/mol. The summed E-state index contributed by atoms with van der Waals surface area (Å²) in [6.07, 6.45) is 2.62. The highest BCUT2D eigenvalue weighted by atomic mass is 16.5. The summed E-state index contributed by atoms with van der Waals surface area (Å²) in [6, 6.07) is 3.22. The largest absolute Gasteiger partial charge is 0.383 e. The lowest BCUT2D eigenvalue weighted by Gasteiger charge is -2.31. The predicted octanol–water partition coefficient (Wildman–Crippen LogP) is 2.81. The molecular weight excluding hydrogens is 262 g/mol. The third kappa shape index (κ3) is 4.17. The molecule has 1 N–H and O–H groups in total. The number of nitrogens with zero attached hydrogens (tertiary/aromatic N) is 2. The van der Waals surface area contributed by atoms with Gasteiger partial charge in [-0.05, 0) is 52.2 Å². The Morgan fingerprint density at radius 1 is 1.43 bits per heavy atom. The van der Waals surface area contributed by atoms with Gasteiger partial charge in [0.1, 0.15) is 5.82 Å². The van der Waals surface area contributed by atoms with E-state index in [1.54, 1.807) is 7.11 Å². The van der Waals surface area contributed by atoms with Gasteiger partial charge in [0.25, 0.3) is 0 Å². The topological polar surface area (TPSA) is 37.4 Å². The van der Waals surface area contributed by atoms with Gasteiger partial charge in [0, 0.05) is 37.5 Å². The van der Waals surface area contributed by atoms with E-state index >= 15 is 0 Å². The number of hydrogen-bond acceptors (Lipinski definition) is 4. The number of methoxy groups -OCH3 is 1. The van der Waals surface area contributed by atoms with Gasteiger partial charge in [-0.1, -0.05) is 0 Å². The van der Waals surface area contributed by atoms with Crippen LogP contribution < -0.4 is 10.2 Å². The summed E-state index contributed by atoms with van der Waals surface area (Å²) in [6.45, 7) is 11.2. The van der Waals surface area contributed by atoms with Crippen LogP contribution in [0, 0.1) is 13.8 Å². The second kappa shape index (κ2) is 7.23. The van der Waals surface area contributed by atoms with Gasteiger partial charge in [0.05, 0.1) is 12.6 Å². The number of likely N-dealkylation sites (N-methyl/N-ethyl adjacent to an activating group) is 1. The second-order valence-corrected chi connectivity index (χ2v) is 6.13. The minimum Gasteiger partial charge on any atom is -0.383 e. The summed E-state index contributed by atoms with van der Waals surface area (Å²) < 4.78 is 5.33. The molecule has 1 unspecified atom stereocenters. The molecule has 1 fully saturated rings. The van der Waals surface area contributed by atoms with Crippen LogP contribution in [0.2, 0.25) is 0 Å². The molecule has 4 nitrogen and oxygen atoms in total. The minimum atomic E-state index is 0.327. The molecule has 2 rings (SSSR count). The average Bonchev–Trinajstić information content (AvgIpc) is 3.22. The van der Waals surface area contributed by atoms with Crippen LogP contribution in [0.4, 0.5) is 5.82 Å². The maximum atomic E-state index is 5.33. The number of anilines is 1. The van der Waals surface area contributed by atoms with Crippen molar-refractivity contribution in [3.63, 3.8) is 0 Å². The molecule has 1 aliphatic rings. The molecule has 1 saturated carbocycles. The molecule has 118 valence electrons. The molecule has 0 aromatic carbocycles. The van der Waals surface area contributed by atoms with E-state index in [0.717, 1.165) is 31.2 Å². The first-order valence-electron chi connectivity index (χ1n) is 8.02. The molecule has 0 saturated heterocycles. The van der Waals surface area contributed by atoms with Crippen molar-refractivity contribution in [2.24, 2.45) is 0 Å². The zero-order valence-electron chi connectivity index (χ0n) is 14.1. The highest BCUT2D eigenvalue weighted by Crippen LogP contribution is 2.26. The smallest absolute Gasteiger partial charge is 0.133 e. The van der Waals surface area contributed by atoms with Crippen molar-refractivity contribution >= 4 is 5.82 Å². The quantitative estimate of drug-likeness (QED) is 0.799. The second-order valence-electron chi connectivity index (χ2n) is 6.13. The summed E-state index contributed by atoms with van der Waals surface area (Å²) in [7, 11) is 1.76. The fourth-order valence-corrected chi connectivity index (χ4v) is 2.83. The van der Waals surface area contributed by atoms with Crippen molar-refractivity contribution in [1.29, 1.82) is 0 Å². The molecule has 21 heavy (non-hydrogen) atoms. The molecule has 0 aliphatic heterocycles. The van der Waals surface area contributed by atoms with Crippen LogP contribution in [-0.4, -0.2) is 37.3 Å². The Kier molecular flexibility index (Phi) is 5.59. The number of rotatable bonds is 8. The van der Waals surface area contributed by atoms with E-state index in [2.05, 4.69) is 44.0 Å². The van der Waals surface area contributed by atoms with Crippen molar-refractivity contribution in [2.45, 2.75) is 59.2 Å². The van der Waals surface area contributed by atoms with Crippen molar-refractivity contribution in [3.8, 4) is 0 Å². The normalized spacial score (nSPS) is 16.0. The molecular formula is C17H29N3O. The van der Waals surface area contributed by atoms with Gasteiger partial charge in [-0.15, -0.1) is 0 Å². The van der Waals surface area contributed by atoms with E-state index in [-0.39, 0.29) is 0 Å². The van der Waals surface area contributed by atoms with Crippen molar-refractivity contribution in [1.82, 2.24) is 10.3 Å². The van der Waals surface area contributed by atoms with Gasteiger partial charge >= 0.3 is 0 Å². The van der Waals surface area contributed by atoms with E-state index in [1.807, 2.05) is 0 Å². The zero-order chi connectivity index (χ0) is 15.4. The van der Waals surface area contributed by atoms with Crippen molar-refractivity contribution in [2.75, 3.05) is 25.2 Å². The average molecular weight is 291 g/mol. The predicted molar refractivity (Wildman–Crippen MR) is 87.9 cm³/mol. The molecule has 1 atom stereocenters.